The van der Waals surface area contributed by atoms with E-state index >= 15 is 0 Å². The van der Waals surface area contributed by atoms with E-state index in [-0.39, 0.29) is 17.2 Å². The predicted molar refractivity (Wildman–Crippen MR) is 137 cm³/mol. The average Bonchev–Trinajstić information content (AvgIpc) is 3.57. The first kappa shape index (κ1) is 24.0. The molecular weight excluding hydrogens is 482 g/mol. The molecule has 4 aromatic rings. The van der Waals surface area contributed by atoms with Gasteiger partial charge in [-0.25, -0.2) is 9.97 Å². The third-order valence-electron chi connectivity index (χ3n) is 6.12. The van der Waals surface area contributed by atoms with E-state index in [0.717, 1.165) is 25.0 Å². The highest BCUT2D eigenvalue weighted by Gasteiger charge is 2.32. The lowest BCUT2D eigenvalue weighted by Crippen LogP contribution is -2.26. The number of aliphatic hydroxyl groups excluding tert-OH is 1. The van der Waals surface area contributed by atoms with Crippen LogP contribution in [0.2, 0.25) is 5.02 Å². The van der Waals surface area contributed by atoms with Gasteiger partial charge in [-0.2, -0.15) is 10.1 Å². The van der Waals surface area contributed by atoms with Gasteiger partial charge in [0.05, 0.1) is 24.5 Å². The van der Waals surface area contributed by atoms with Crippen LogP contribution in [0.25, 0.3) is 16.9 Å². The van der Waals surface area contributed by atoms with E-state index in [0.29, 0.717) is 39.4 Å². The maximum absolute atomic E-state index is 10.5. The van der Waals surface area contributed by atoms with E-state index in [9.17, 15) is 5.11 Å². The highest BCUT2D eigenvalue weighted by molar-refractivity contribution is 6.36. The Balaban J connectivity index is 1.43. The number of imidazole rings is 1. The Morgan fingerprint density at radius 1 is 1.28 bits per heavy atom. The second kappa shape index (κ2) is 9.40. The van der Waals surface area contributed by atoms with Crippen LogP contribution in [-0.4, -0.2) is 45.9 Å². The van der Waals surface area contributed by atoms with Crippen molar-refractivity contribution in [1.29, 1.82) is 0 Å². The van der Waals surface area contributed by atoms with E-state index in [1.54, 1.807) is 6.20 Å². The molecule has 2 atom stereocenters. The van der Waals surface area contributed by atoms with Crippen molar-refractivity contribution in [3.05, 3.63) is 53.5 Å². The van der Waals surface area contributed by atoms with Crippen molar-refractivity contribution in [2.75, 3.05) is 5.32 Å². The fraction of sp³-hybridized carbons (Fsp3) is 0.375. The number of aromatic amines is 1. The van der Waals surface area contributed by atoms with Crippen molar-refractivity contribution in [3.8, 4) is 5.75 Å². The van der Waals surface area contributed by atoms with Crippen molar-refractivity contribution < 1.29 is 9.84 Å². The number of ether oxygens (including phenoxy) is 1. The number of aliphatic hydroxyl groups is 1. The SMILES string of the molecule is CC(C)(C)c1cc(Nc2nc3ncc(O/C(=C/N)c4cnccn4)c(Cl)c3[nH]2)nn1[C@@H]1CCC[C@@H]1O. The van der Waals surface area contributed by atoms with Crippen LogP contribution in [0.5, 0.6) is 5.75 Å². The zero-order chi connectivity index (χ0) is 25.4. The Morgan fingerprint density at radius 2 is 2.11 bits per heavy atom. The lowest BCUT2D eigenvalue weighted by Gasteiger charge is -2.25. The summed E-state index contributed by atoms with van der Waals surface area (Å²) in [4.78, 5) is 20.2. The normalized spacial score (nSPS) is 18.6. The average molecular weight is 510 g/mol. The molecule has 12 heteroatoms. The molecule has 0 spiro atoms. The Labute approximate surface area is 212 Å². The van der Waals surface area contributed by atoms with Gasteiger partial charge in [-0.05, 0) is 19.3 Å². The molecule has 0 aliphatic heterocycles. The summed E-state index contributed by atoms with van der Waals surface area (Å²) in [6, 6.07) is 1.95. The van der Waals surface area contributed by atoms with E-state index in [4.69, 9.17) is 27.2 Å². The molecule has 1 aliphatic carbocycles. The summed E-state index contributed by atoms with van der Waals surface area (Å²) in [6.45, 7) is 6.38. The number of nitrogens with zero attached hydrogens (tertiary/aromatic N) is 6. The Morgan fingerprint density at radius 3 is 2.78 bits per heavy atom. The topological polar surface area (TPSA) is 153 Å². The fourth-order valence-electron chi connectivity index (χ4n) is 4.35. The number of aromatic nitrogens is 7. The summed E-state index contributed by atoms with van der Waals surface area (Å²) < 4.78 is 7.82. The number of rotatable bonds is 6. The molecule has 188 valence electrons. The van der Waals surface area contributed by atoms with E-state index in [2.05, 4.69) is 51.0 Å². The fourth-order valence-corrected chi connectivity index (χ4v) is 4.57. The maximum Gasteiger partial charge on any atom is 0.208 e. The molecule has 1 saturated carbocycles. The highest BCUT2D eigenvalue weighted by atomic mass is 35.5. The summed E-state index contributed by atoms with van der Waals surface area (Å²) in [5, 5.41) is 18.8. The molecular formula is C24H28ClN9O2. The monoisotopic (exact) mass is 509 g/mol. The maximum atomic E-state index is 10.5. The van der Waals surface area contributed by atoms with Crippen LogP contribution in [0.1, 0.15) is 57.5 Å². The van der Waals surface area contributed by atoms with E-state index in [1.807, 2.05) is 10.7 Å². The van der Waals surface area contributed by atoms with E-state index < -0.39 is 6.10 Å². The van der Waals surface area contributed by atoms with Crippen molar-refractivity contribution >= 4 is 40.3 Å². The lowest BCUT2D eigenvalue weighted by atomic mass is 9.91. The number of fused-ring (bicyclic) bond motifs is 1. The minimum Gasteiger partial charge on any atom is -0.450 e. The molecule has 5 N–H and O–H groups in total. The zero-order valence-corrected chi connectivity index (χ0v) is 21.0. The molecule has 1 fully saturated rings. The predicted octanol–water partition coefficient (Wildman–Crippen LogP) is 4.06. The van der Waals surface area contributed by atoms with Gasteiger partial charge >= 0.3 is 0 Å². The number of nitrogens with one attached hydrogen (secondary N) is 2. The van der Waals surface area contributed by atoms with Crippen molar-refractivity contribution in [2.24, 2.45) is 5.73 Å². The number of anilines is 2. The third-order valence-corrected chi connectivity index (χ3v) is 6.50. The number of hydrogen-bond donors (Lipinski definition) is 4. The molecule has 5 rings (SSSR count). The van der Waals surface area contributed by atoms with Crippen LogP contribution in [-0.2, 0) is 5.41 Å². The van der Waals surface area contributed by atoms with Crippen LogP contribution < -0.4 is 15.8 Å². The zero-order valence-electron chi connectivity index (χ0n) is 20.2. The lowest BCUT2D eigenvalue weighted by molar-refractivity contribution is 0.127. The molecule has 4 aromatic heterocycles. The molecule has 0 radical (unpaired) electrons. The standard InChI is InChI=1S/C24H28ClN9O2/c1-24(2,3)18-9-19(33-34(18)14-5-4-6-15(14)35)30-23-31-21-20(25)17(12-29-22(21)32-23)36-16(10-26)13-11-27-7-8-28-13/h7-12,14-15,35H,4-6,26H2,1-3H3,(H2,29,30,31,32,33)/b16-10+/t14-,15+/m1/s1. The van der Waals surface area contributed by atoms with Gasteiger partial charge in [-0.3, -0.25) is 9.67 Å². The van der Waals surface area contributed by atoms with Crippen molar-refractivity contribution in [1.82, 2.24) is 34.7 Å². The van der Waals surface area contributed by atoms with Crippen LogP contribution >= 0.6 is 11.6 Å². The first-order valence-electron chi connectivity index (χ1n) is 11.7. The Kier molecular flexibility index (Phi) is 6.27. The molecule has 0 aromatic carbocycles. The van der Waals surface area contributed by atoms with Crippen LogP contribution in [0, 0.1) is 0 Å². The number of H-pyrrole nitrogens is 1. The van der Waals surface area contributed by atoms with Gasteiger partial charge in [0.25, 0.3) is 0 Å². The smallest absolute Gasteiger partial charge is 0.208 e. The van der Waals surface area contributed by atoms with Gasteiger partial charge in [-0.15, -0.1) is 0 Å². The Hall–Kier alpha value is -3.70. The quantitative estimate of drug-likeness (QED) is 0.282. The third kappa shape index (κ3) is 4.59. The van der Waals surface area contributed by atoms with Gasteiger partial charge in [0.15, 0.2) is 23.0 Å². The van der Waals surface area contributed by atoms with Gasteiger partial charge in [0.1, 0.15) is 16.2 Å². The van der Waals surface area contributed by atoms with Gasteiger partial charge < -0.3 is 25.9 Å². The van der Waals surface area contributed by atoms with Gasteiger partial charge in [0, 0.05) is 35.8 Å². The summed E-state index contributed by atoms with van der Waals surface area (Å²) in [5.41, 5.74) is 7.97. The van der Waals surface area contributed by atoms with Gasteiger partial charge in [-0.1, -0.05) is 32.4 Å². The van der Waals surface area contributed by atoms with Crippen LogP contribution in [0.15, 0.2) is 37.1 Å². The second-order valence-electron chi connectivity index (χ2n) is 9.74. The summed E-state index contributed by atoms with van der Waals surface area (Å²) >= 11 is 6.62. The van der Waals surface area contributed by atoms with Crippen LogP contribution in [0.4, 0.5) is 11.8 Å². The van der Waals surface area contributed by atoms with Gasteiger partial charge in [0.2, 0.25) is 5.95 Å². The molecule has 0 amide bonds. The molecule has 0 unspecified atom stereocenters. The minimum absolute atomic E-state index is 0.0413. The van der Waals surface area contributed by atoms with Crippen LogP contribution in [0.3, 0.4) is 0 Å². The molecule has 0 bridgehead atoms. The number of pyridine rings is 1. The van der Waals surface area contributed by atoms with E-state index in [1.165, 1.54) is 24.8 Å². The van der Waals surface area contributed by atoms with Crippen molar-refractivity contribution in [2.45, 2.75) is 57.6 Å². The molecule has 1 aliphatic rings. The molecule has 11 nitrogen and oxygen atoms in total. The molecule has 4 heterocycles. The first-order chi connectivity index (χ1) is 17.2. The highest BCUT2D eigenvalue weighted by Crippen LogP contribution is 2.37. The summed E-state index contributed by atoms with van der Waals surface area (Å²) in [6.07, 6.45) is 9.65. The largest absolute Gasteiger partial charge is 0.450 e. The number of hydrogen-bond acceptors (Lipinski definition) is 9. The summed E-state index contributed by atoms with van der Waals surface area (Å²) in [7, 11) is 0. The molecule has 36 heavy (non-hydrogen) atoms. The van der Waals surface area contributed by atoms with Crippen molar-refractivity contribution in [3.63, 3.8) is 0 Å². The Bertz CT molecular complexity index is 1410. The minimum atomic E-state index is -0.402. The number of halogens is 1. The summed E-state index contributed by atoms with van der Waals surface area (Å²) in [5.74, 6) is 1.62. The molecule has 0 saturated heterocycles. The first-order valence-corrected chi connectivity index (χ1v) is 12.1. The second-order valence-corrected chi connectivity index (χ2v) is 10.1. The number of nitrogens with two attached hydrogens (primary N) is 1.